The van der Waals surface area contributed by atoms with Gasteiger partial charge in [-0.2, -0.15) is 5.26 Å². The lowest BCUT2D eigenvalue weighted by Gasteiger charge is -2.09. The van der Waals surface area contributed by atoms with Gasteiger partial charge >= 0.3 is 0 Å². The van der Waals surface area contributed by atoms with E-state index in [1.807, 2.05) is 19.1 Å². The third-order valence-corrected chi connectivity index (χ3v) is 2.38. The molecule has 0 aliphatic heterocycles. The average Bonchev–Trinajstić information content (AvgIpc) is 2.30. The number of methoxy groups -OCH3 is 1. The van der Waals surface area contributed by atoms with E-state index in [1.165, 1.54) is 7.11 Å². The van der Waals surface area contributed by atoms with Crippen molar-refractivity contribution in [3.63, 3.8) is 0 Å². The SMILES string of the molecule is CC/C=C(\OC)c1ccc(C#N)c(C)c1F. The number of hydrogen-bond donors (Lipinski definition) is 0. The molecule has 0 saturated carbocycles. The molecule has 1 aromatic carbocycles. The summed E-state index contributed by atoms with van der Waals surface area (Å²) in [6.45, 7) is 3.55. The quantitative estimate of drug-likeness (QED) is 0.730. The van der Waals surface area contributed by atoms with Crippen molar-refractivity contribution in [2.45, 2.75) is 20.3 Å². The Labute approximate surface area is 95.0 Å². The first-order valence-corrected chi connectivity index (χ1v) is 5.09. The summed E-state index contributed by atoms with van der Waals surface area (Å²) in [7, 11) is 1.51. The molecule has 0 bridgehead atoms. The molecular weight excluding hydrogens is 205 g/mol. The lowest BCUT2D eigenvalue weighted by molar-refractivity contribution is 0.366. The third-order valence-electron chi connectivity index (χ3n) is 2.38. The number of benzene rings is 1. The summed E-state index contributed by atoms with van der Waals surface area (Å²) >= 11 is 0. The minimum Gasteiger partial charge on any atom is -0.496 e. The van der Waals surface area contributed by atoms with Gasteiger partial charge in [0.1, 0.15) is 11.6 Å². The van der Waals surface area contributed by atoms with Crippen molar-refractivity contribution < 1.29 is 9.13 Å². The van der Waals surface area contributed by atoms with Crippen LogP contribution in [0.25, 0.3) is 5.76 Å². The van der Waals surface area contributed by atoms with Crippen LogP contribution < -0.4 is 0 Å². The van der Waals surface area contributed by atoms with Gasteiger partial charge in [-0.25, -0.2) is 4.39 Å². The molecule has 16 heavy (non-hydrogen) atoms. The Balaban J connectivity index is 3.32. The highest BCUT2D eigenvalue weighted by molar-refractivity contribution is 5.62. The van der Waals surface area contributed by atoms with Crippen LogP contribution in [0.5, 0.6) is 0 Å². The predicted octanol–water partition coefficient (Wildman–Crippen LogP) is 3.40. The van der Waals surface area contributed by atoms with E-state index in [0.717, 1.165) is 6.42 Å². The molecule has 0 fully saturated rings. The number of ether oxygens (including phenoxy) is 1. The van der Waals surface area contributed by atoms with Gasteiger partial charge in [0.25, 0.3) is 0 Å². The zero-order valence-corrected chi connectivity index (χ0v) is 9.67. The van der Waals surface area contributed by atoms with Gasteiger partial charge in [0, 0.05) is 5.56 Å². The Morgan fingerprint density at radius 2 is 2.25 bits per heavy atom. The standard InChI is InChI=1S/C13H14FNO/c1-4-5-12(16-3)11-7-6-10(8-15)9(2)13(11)14/h5-7H,4H2,1-3H3/b12-5-. The fourth-order valence-electron chi connectivity index (χ4n) is 1.49. The lowest BCUT2D eigenvalue weighted by Crippen LogP contribution is -1.97. The van der Waals surface area contributed by atoms with Crippen molar-refractivity contribution in [1.82, 2.24) is 0 Å². The molecule has 0 aliphatic rings. The Hall–Kier alpha value is -1.82. The lowest BCUT2D eigenvalue weighted by atomic mass is 10.0. The molecule has 0 aliphatic carbocycles. The van der Waals surface area contributed by atoms with Crippen molar-refractivity contribution >= 4 is 5.76 Å². The molecule has 1 aromatic rings. The van der Waals surface area contributed by atoms with Crippen molar-refractivity contribution in [2.24, 2.45) is 0 Å². The Bertz CT molecular complexity index is 458. The fourth-order valence-corrected chi connectivity index (χ4v) is 1.49. The molecule has 0 amide bonds. The normalized spacial score (nSPS) is 11.1. The number of nitrogens with zero attached hydrogens (tertiary/aromatic N) is 1. The third kappa shape index (κ3) is 2.22. The van der Waals surface area contributed by atoms with Gasteiger partial charge in [-0.05, 0) is 31.6 Å². The van der Waals surface area contributed by atoms with Gasteiger partial charge in [-0.15, -0.1) is 0 Å². The van der Waals surface area contributed by atoms with Gasteiger partial charge in [-0.3, -0.25) is 0 Å². The second-order valence-corrected chi connectivity index (χ2v) is 3.39. The molecule has 1 rings (SSSR count). The minimum absolute atomic E-state index is 0.355. The van der Waals surface area contributed by atoms with Crippen molar-refractivity contribution in [1.29, 1.82) is 5.26 Å². The van der Waals surface area contributed by atoms with Crippen molar-refractivity contribution in [2.75, 3.05) is 7.11 Å². The number of halogens is 1. The highest BCUT2D eigenvalue weighted by atomic mass is 19.1. The maximum atomic E-state index is 13.9. The summed E-state index contributed by atoms with van der Waals surface area (Å²) in [5.74, 6) is 0.119. The molecule has 0 unspecified atom stereocenters. The van der Waals surface area contributed by atoms with Crippen LogP contribution in [0.15, 0.2) is 18.2 Å². The van der Waals surface area contributed by atoms with Crippen molar-refractivity contribution in [3.8, 4) is 6.07 Å². The molecule has 0 saturated heterocycles. The number of hydrogen-bond acceptors (Lipinski definition) is 2. The summed E-state index contributed by atoms with van der Waals surface area (Å²) < 4.78 is 19.1. The zero-order valence-electron chi connectivity index (χ0n) is 9.67. The van der Waals surface area contributed by atoms with Crippen LogP contribution in [-0.4, -0.2) is 7.11 Å². The van der Waals surface area contributed by atoms with Gasteiger partial charge in [0.05, 0.1) is 24.3 Å². The molecule has 84 valence electrons. The van der Waals surface area contributed by atoms with Crippen molar-refractivity contribution in [3.05, 3.63) is 40.7 Å². The second-order valence-electron chi connectivity index (χ2n) is 3.39. The topological polar surface area (TPSA) is 33.0 Å². The van der Waals surface area contributed by atoms with E-state index in [1.54, 1.807) is 19.1 Å². The Morgan fingerprint density at radius 3 is 2.75 bits per heavy atom. The first kappa shape index (κ1) is 12.3. The molecule has 0 heterocycles. The van der Waals surface area contributed by atoms with Gasteiger partial charge in [0.2, 0.25) is 0 Å². The van der Waals surface area contributed by atoms with E-state index >= 15 is 0 Å². The summed E-state index contributed by atoms with van der Waals surface area (Å²) in [5, 5.41) is 8.77. The highest BCUT2D eigenvalue weighted by Crippen LogP contribution is 2.23. The zero-order chi connectivity index (χ0) is 12.1. The smallest absolute Gasteiger partial charge is 0.138 e. The van der Waals surface area contributed by atoms with Gasteiger partial charge in [0.15, 0.2) is 0 Å². The molecule has 0 atom stereocenters. The molecule has 0 spiro atoms. The first-order chi connectivity index (χ1) is 7.65. The predicted molar refractivity (Wildman–Crippen MR) is 61.1 cm³/mol. The Kier molecular flexibility index (Phi) is 4.07. The average molecular weight is 219 g/mol. The summed E-state index contributed by atoms with van der Waals surface area (Å²) in [6, 6.07) is 5.13. The monoisotopic (exact) mass is 219 g/mol. The van der Waals surface area contributed by atoms with Crippen LogP contribution in [0.3, 0.4) is 0 Å². The second kappa shape index (κ2) is 5.32. The van der Waals surface area contributed by atoms with Crippen LogP contribution in [0, 0.1) is 24.1 Å². The Morgan fingerprint density at radius 1 is 1.56 bits per heavy atom. The largest absolute Gasteiger partial charge is 0.496 e. The first-order valence-electron chi connectivity index (χ1n) is 5.09. The van der Waals surface area contributed by atoms with E-state index in [2.05, 4.69) is 0 Å². The van der Waals surface area contributed by atoms with E-state index in [9.17, 15) is 4.39 Å². The van der Waals surface area contributed by atoms with Crippen LogP contribution in [0.1, 0.15) is 30.0 Å². The van der Waals surface area contributed by atoms with E-state index in [-0.39, 0.29) is 5.82 Å². The van der Waals surface area contributed by atoms with E-state index in [0.29, 0.717) is 22.4 Å². The van der Waals surface area contributed by atoms with Gasteiger partial charge in [-0.1, -0.05) is 6.92 Å². The number of allylic oxidation sites excluding steroid dienone is 1. The molecule has 0 aromatic heterocycles. The van der Waals surface area contributed by atoms with E-state index in [4.69, 9.17) is 10.00 Å². The number of nitriles is 1. The van der Waals surface area contributed by atoms with Crippen LogP contribution in [0.4, 0.5) is 4.39 Å². The molecular formula is C13H14FNO. The van der Waals surface area contributed by atoms with E-state index < -0.39 is 0 Å². The van der Waals surface area contributed by atoms with Crippen LogP contribution >= 0.6 is 0 Å². The summed E-state index contributed by atoms with van der Waals surface area (Å²) in [5.41, 5.74) is 1.12. The molecule has 2 nitrogen and oxygen atoms in total. The maximum absolute atomic E-state index is 13.9. The van der Waals surface area contributed by atoms with Gasteiger partial charge < -0.3 is 4.74 Å². The van der Waals surface area contributed by atoms with Crippen LogP contribution in [-0.2, 0) is 4.74 Å². The van der Waals surface area contributed by atoms with Crippen LogP contribution in [0.2, 0.25) is 0 Å². The molecule has 0 radical (unpaired) electrons. The maximum Gasteiger partial charge on any atom is 0.138 e. The fraction of sp³-hybridized carbons (Fsp3) is 0.308. The minimum atomic E-state index is -0.388. The molecule has 3 heteroatoms. The number of rotatable bonds is 3. The summed E-state index contributed by atoms with van der Waals surface area (Å²) in [6.07, 6.45) is 2.57. The summed E-state index contributed by atoms with van der Waals surface area (Å²) in [4.78, 5) is 0. The highest BCUT2D eigenvalue weighted by Gasteiger charge is 2.13. The molecule has 0 N–H and O–H groups in total.